The van der Waals surface area contributed by atoms with Gasteiger partial charge >= 0.3 is 0 Å². The van der Waals surface area contributed by atoms with Crippen LogP contribution in [0, 0.1) is 6.92 Å². The van der Waals surface area contributed by atoms with Gasteiger partial charge in [-0.25, -0.2) is 0 Å². The van der Waals surface area contributed by atoms with E-state index in [0.717, 1.165) is 11.1 Å². The number of ketones is 1. The minimum absolute atomic E-state index is 0.107. The highest BCUT2D eigenvalue weighted by Crippen LogP contribution is 2.39. The number of carbonyl (C=O) groups excluding carboxylic acids is 2. The highest BCUT2D eigenvalue weighted by atomic mass is 16.5. The van der Waals surface area contributed by atoms with Crippen molar-refractivity contribution in [3.05, 3.63) is 76.9 Å². The van der Waals surface area contributed by atoms with E-state index in [9.17, 15) is 14.7 Å². The molecule has 0 aromatic heterocycles. The number of carbonyl (C=O) groups is 2. The summed E-state index contributed by atoms with van der Waals surface area (Å²) in [6, 6.07) is 16.0. The van der Waals surface area contributed by atoms with Gasteiger partial charge in [0.05, 0.1) is 17.7 Å². The van der Waals surface area contributed by atoms with Crippen LogP contribution in [0.5, 0.6) is 0 Å². The average molecular weight is 393 g/mol. The predicted octanol–water partition coefficient (Wildman–Crippen LogP) is 4.23. The van der Waals surface area contributed by atoms with Gasteiger partial charge in [0.15, 0.2) is 0 Å². The second-order valence-electron chi connectivity index (χ2n) is 7.55. The maximum atomic E-state index is 12.9. The standard InChI is InChI=1S/C24H27NO4/c1-16(2)29-14-8-13-25-21(19-12-7-9-17(3)15-19)20(23(27)24(25)28)22(26)18-10-5-4-6-11-18/h4-7,9-12,15-16,21,26H,8,13-14H2,1-3H3/b22-20-. The molecule has 29 heavy (non-hydrogen) atoms. The first kappa shape index (κ1) is 20.8. The number of hydrogen-bond acceptors (Lipinski definition) is 4. The molecule has 1 unspecified atom stereocenters. The fraction of sp³-hybridized carbons (Fsp3) is 0.333. The summed E-state index contributed by atoms with van der Waals surface area (Å²) in [5, 5.41) is 10.9. The maximum Gasteiger partial charge on any atom is 0.295 e. The lowest BCUT2D eigenvalue weighted by Gasteiger charge is -2.25. The SMILES string of the molecule is Cc1cccc(C2/C(=C(/O)c3ccccc3)C(=O)C(=O)N2CCCOC(C)C)c1. The number of aryl methyl sites for hydroxylation is 1. The van der Waals surface area contributed by atoms with Crippen molar-refractivity contribution in [2.45, 2.75) is 39.3 Å². The van der Waals surface area contributed by atoms with Crippen LogP contribution >= 0.6 is 0 Å². The van der Waals surface area contributed by atoms with Gasteiger partial charge in [-0.2, -0.15) is 0 Å². The summed E-state index contributed by atoms with van der Waals surface area (Å²) in [7, 11) is 0. The van der Waals surface area contributed by atoms with Gasteiger partial charge in [-0.3, -0.25) is 9.59 Å². The third kappa shape index (κ3) is 4.57. The summed E-state index contributed by atoms with van der Waals surface area (Å²) in [6.07, 6.45) is 0.717. The van der Waals surface area contributed by atoms with Crippen molar-refractivity contribution >= 4 is 17.4 Å². The smallest absolute Gasteiger partial charge is 0.295 e. The van der Waals surface area contributed by atoms with Crippen molar-refractivity contribution in [3.8, 4) is 0 Å². The first-order valence-corrected chi connectivity index (χ1v) is 9.92. The molecule has 5 nitrogen and oxygen atoms in total. The Hall–Kier alpha value is -2.92. The highest BCUT2D eigenvalue weighted by Gasteiger charge is 2.45. The summed E-state index contributed by atoms with van der Waals surface area (Å²) in [5.74, 6) is -1.38. The van der Waals surface area contributed by atoms with E-state index in [1.165, 1.54) is 0 Å². The molecule has 3 rings (SSSR count). The molecule has 2 aromatic carbocycles. The van der Waals surface area contributed by atoms with Crippen LogP contribution in [0.1, 0.15) is 43.0 Å². The summed E-state index contributed by atoms with van der Waals surface area (Å²) >= 11 is 0. The predicted molar refractivity (Wildman–Crippen MR) is 112 cm³/mol. The van der Waals surface area contributed by atoms with Crippen molar-refractivity contribution < 1.29 is 19.4 Å². The van der Waals surface area contributed by atoms with E-state index in [0.29, 0.717) is 25.1 Å². The number of rotatable bonds is 7. The minimum atomic E-state index is -0.650. The molecule has 1 amide bonds. The molecule has 0 radical (unpaired) electrons. The number of hydrogen-bond donors (Lipinski definition) is 1. The molecule has 0 saturated carbocycles. The van der Waals surface area contributed by atoms with Crippen LogP contribution in [0.3, 0.4) is 0 Å². The number of Topliss-reactive ketones (excluding diaryl/α,β-unsaturated/α-hetero) is 1. The van der Waals surface area contributed by atoms with Crippen molar-refractivity contribution in [3.63, 3.8) is 0 Å². The largest absolute Gasteiger partial charge is 0.507 e. The van der Waals surface area contributed by atoms with E-state index >= 15 is 0 Å². The Bertz CT molecular complexity index is 917. The number of nitrogens with zero attached hydrogens (tertiary/aromatic N) is 1. The molecule has 0 bridgehead atoms. The van der Waals surface area contributed by atoms with Crippen LogP contribution in [-0.2, 0) is 14.3 Å². The molecule has 0 aliphatic carbocycles. The Morgan fingerprint density at radius 1 is 1.10 bits per heavy atom. The van der Waals surface area contributed by atoms with Crippen molar-refractivity contribution in [2.24, 2.45) is 0 Å². The van der Waals surface area contributed by atoms with Crippen LogP contribution < -0.4 is 0 Å². The van der Waals surface area contributed by atoms with Crippen LogP contribution in [0.15, 0.2) is 60.2 Å². The van der Waals surface area contributed by atoms with Gasteiger partial charge < -0.3 is 14.7 Å². The molecule has 5 heteroatoms. The molecule has 152 valence electrons. The quantitative estimate of drug-likeness (QED) is 0.331. The lowest BCUT2D eigenvalue weighted by atomic mass is 9.94. The zero-order valence-corrected chi connectivity index (χ0v) is 17.1. The average Bonchev–Trinajstić information content (AvgIpc) is 2.96. The Balaban J connectivity index is 2.02. The van der Waals surface area contributed by atoms with E-state index < -0.39 is 17.7 Å². The normalized spacial score (nSPS) is 18.6. The summed E-state index contributed by atoms with van der Waals surface area (Å²) in [5.41, 5.74) is 2.49. The van der Waals surface area contributed by atoms with Crippen molar-refractivity contribution in [2.75, 3.05) is 13.2 Å². The molecule has 1 atom stereocenters. The maximum absolute atomic E-state index is 12.9. The second-order valence-corrected chi connectivity index (χ2v) is 7.55. The molecule has 1 saturated heterocycles. The number of amides is 1. The number of aliphatic hydroxyl groups excluding tert-OH is 1. The van der Waals surface area contributed by atoms with Crippen molar-refractivity contribution in [1.82, 2.24) is 4.90 Å². The number of aliphatic hydroxyl groups is 1. The molecule has 0 spiro atoms. The van der Waals surface area contributed by atoms with Crippen LogP contribution in [0.25, 0.3) is 5.76 Å². The summed E-state index contributed by atoms with van der Waals surface area (Å²) in [4.78, 5) is 27.3. The molecule has 1 fully saturated rings. The minimum Gasteiger partial charge on any atom is -0.507 e. The number of ether oxygens (including phenoxy) is 1. The summed E-state index contributed by atoms with van der Waals surface area (Å²) in [6.45, 7) is 6.75. The van der Waals surface area contributed by atoms with Crippen LogP contribution in [0.4, 0.5) is 0 Å². The molecular weight excluding hydrogens is 366 g/mol. The molecule has 2 aromatic rings. The molecule has 1 aliphatic heterocycles. The van der Waals surface area contributed by atoms with Crippen molar-refractivity contribution in [1.29, 1.82) is 0 Å². The van der Waals surface area contributed by atoms with E-state index in [2.05, 4.69) is 0 Å². The van der Waals surface area contributed by atoms with Gasteiger partial charge in [-0.05, 0) is 32.8 Å². The first-order chi connectivity index (χ1) is 13.9. The molecule has 1 heterocycles. The molecular formula is C24H27NO4. The number of likely N-dealkylation sites (tertiary alicyclic amines) is 1. The highest BCUT2D eigenvalue weighted by molar-refractivity contribution is 6.46. The third-order valence-electron chi connectivity index (χ3n) is 4.94. The van der Waals surface area contributed by atoms with E-state index in [-0.39, 0.29) is 17.4 Å². The van der Waals surface area contributed by atoms with Crippen LogP contribution in [-0.4, -0.2) is 41.0 Å². The third-order valence-corrected chi connectivity index (χ3v) is 4.94. The van der Waals surface area contributed by atoms with Crippen LogP contribution in [0.2, 0.25) is 0 Å². The van der Waals surface area contributed by atoms with Gasteiger partial charge in [0.1, 0.15) is 5.76 Å². The second kappa shape index (κ2) is 9.05. The number of benzene rings is 2. The van der Waals surface area contributed by atoms with E-state index in [1.54, 1.807) is 29.2 Å². The van der Waals surface area contributed by atoms with Gasteiger partial charge in [0, 0.05) is 18.7 Å². The Labute approximate surface area is 171 Å². The fourth-order valence-electron chi connectivity index (χ4n) is 3.60. The molecule has 1 aliphatic rings. The van der Waals surface area contributed by atoms with Gasteiger partial charge in [-0.1, -0.05) is 60.2 Å². The van der Waals surface area contributed by atoms with Gasteiger partial charge in [-0.15, -0.1) is 0 Å². The van der Waals surface area contributed by atoms with Gasteiger partial charge in [0.2, 0.25) is 0 Å². The monoisotopic (exact) mass is 393 g/mol. The van der Waals surface area contributed by atoms with E-state index in [4.69, 9.17) is 4.74 Å². The lowest BCUT2D eigenvalue weighted by Crippen LogP contribution is -2.31. The van der Waals surface area contributed by atoms with E-state index in [1.807, 2.05) is 51.1 Å². The van der Waals surface area contributed by atoms with Gasteiger partial charge in [0.25, 0.3) is 11.7 Å². The fourth-order valence-corrected chi connectivity index (χ4v) is 3.60. The summed E-state index contributed by atoms with van der Waals surface area (Å²) < 4.78 is 5.58. The Kier molecular flexibility index (Phi) is 6.49. The first-order valence-electron chi connectivity index (χ1n) is 9.92. The lowest BCUT2D eigenvalue weighted by molar-refractivity contribution is -0.140. The zero-order valence-electron chi connectivity index (χ0n) is 17.1. The molecule has 1 N–H and O–H groups in total. The Morgan fingerprint density at radius 2 is 1.83 bits per heavy atom. The zero-order chi connectivity index (χ0) is 21.0. The topological polar surface area (TPSA) is 66.8 Å². The Morgan fingerprint density at radius 3 is 2.48 bits per heavy atom.